The largest absolute Gasteiger partial charge is 0.439 e. The van der Waals surface area contributed by atoms with Gasteiger partial charge in [0.25, 0.3) is 0 Å². The van der Waals surface area contributed by atoms with Crippen molar-refractivity contribution in [1.82, 2.24) is 0 Å². The first-order valence-corrected chi connectivity index (χ1v) is 7.49. The topological polar surface area (TPSA) is 89.3 Å². The molecule has 1 aliphatic rings. The first-order valence-electron chi connectivity index (χ1n) is 7.49. The molecule has 25 heavy (non-hydrogen) atoms. The van der Waals surface area contributed by atoms with Gasteiger partial charge in [-0.2, -0.15) is 5.26 Å². The molecule has 0 unspecified atom stereocenters. The zero-order valence-corrected chi connectivity index (χ0v) is 12.8. The Morgan fingerprint density at radius 3 is 2.60 bits per heavy atom. The zero-order valence-electron chi connectivity index (χ0n) is 12.8. The Labute approximate surface area is 141 Å². The third kappa shape index (κ3) is 2.17. The van der Waals surface area contributed by atoms with Crippen LogP contribution in [0.25, 0.3) is 11.0 Å². The molecule has 0 spiro atoms. The van der Waals surface area contributed by atoms with Crippen LogP contribution < -0.4 is 16.1 Å². The Kier molecular flexibility index (Phi) is 3.29. The Hall–Kier alpha value is -3.59. The molecule has 1 aromatic heterocycles. The Morgan fingerprint density at radius 1 is 1.12 bits per heavy atom. The average Bonchev–Trinajstić information content (AvgIpc) is 2.61. The maximum atomic E-state index is 14.4. The predicted octanol–water partition coefficient (Wildman–Crippen LogP) is 3.15. The molecule has 0 saturated heterocycles. The fraction of sp³-hybridized carbons (Fsp3) is 0.0526. The number of allylic oxidation sites excluding steroid dienone is 1. The highest BCUT2D eigenvalue weighted by Gasteiger charge is 2.36. The van der Waals surface area contributed by atoms with Crippen molar-refractivity contribution in [2.24, 2.45) is 5.73 Å². The molecule has 5 nitrogen and oxygen atoms in total. The molecule has 0 saturated carbocycles. The molecule has 2 heterocycles. The van der Waals surface area contributed by atoms with Crippen LogP contribution in [-0.4, -0.2) is 0 Å². The summed E-state index contributed by atoms with van der Waals surface area (Å²) in [5.41, 5.74) is 5.73. The fourth-order valence-electron chi connectivity index (χ4n) is 3.09. The van der Waals surface area contributed by atoms with Crippen molar-refractivity contribution in [2.75, 3.05) is 0 Å². The Morgan fingerprint density at radius 2 is 1.84 bits per heavy atom. The van der Waals surface area contributed by atoms with E-state index in [0.717, 1.165) is 0 Å². The van der Waals surface area contributed by atoms with E-state index >= 15 is 0 Å². The van der Waals surface area contributed by atoms with Crippen LogP contribution in [0.5, 0.6) is 5.75 Å². The van der Waals surface area contributed by atoms with Crippen LogP contribution in [0.4, 0.5) is 4.39 Å². The number of nitrogens with two attached hydrogens (primary N) is 1. The summed E-state index contributed by atoms with van der Waals surface area (Å²) in [5, 5.41) is 10.0. The van der Waals surface area contributed by atoms with Crippen LogP contribution in [0, 0.1) is 17.1 Å². The zero-order chi connectivity index (χ0) is 17.6. The summed E-state index contributed by atoms with van der Waals surface area (Å²) >= 11 is 0. The maximum absolute atomic E-state index is 14.4. The Balaban J connectivity index is 2.12. The Bertz CT molecular complexity index is 1140. The van der Waals surface area contributed by atoms with Crippen LogP contribution in [0.15, 0.2) is 69.2 Å². The molecule has 0 aliphatic carbocycles. The van der Waals surface area contributed by atoms with E-state index in [1.54, 1.807) is 30.3 Å². The van der Waals surface area contributed by atoms with Gasteiger partial charge < -0.3 is 14.9 Å². The summed E-state index contributed by atoms with van der Waals surface area (Å²) in [6.45, 7) is 0. The van der Waals surface area contributed by atoms with Gasteiger partial charge in [0.1, 0.15) is 23.0 Å². The van der Waals surface area contributed by atoms with Gasteiger partial charge in [-0.3, -0.25) is 0 Å². The number of hydrogen-bond donors (Lipinski definition) is 1. The lowest BCUT2D eigenvalue weighted by Gasteiger charge is -2.26. The van der Waals surface area contributed by atoms with Gasteiger partial charge >= 0.3 is 5.63 Å². The minimum Gasteiger partial charge on any atom is -0.439 e. The molecule has 2 aromatic carbocycles. The van der Waals surface area contributed by atoms with Crippen molar-refractivity contribution in [2.45, 2.75) is 5.92 Å². The lowest BCUT2D eigenvalue weighted by Crippen LogP contribution is -2.26. The van der Waals surface area contributed by atoms with Crippen molar-refractivity contribution in [3.63, 3.8) is 0 Å². The molecule has 4 rings (SSSR count). The first-order chi connectivity index (χ1) is 12.1. The summed E-state index contributed by atoms with van der Waals surface area (Å²) in [4.78, 5) is 12.6. The monoisotopic (exact) mass is 334 g/mol. The van der Waals surface area contributed by atoms with E-state index in [1.165, 1.54) is 18.2 Å². The van der Waals surface area contributed by atoms with Gasteiger partial charge in [-0.05, 0) is 18.2 Å². The smallest absolute Gasteiger partial charge is 0.344 e. The van der Waals surface area contributed by atoms with E-state index in [4.69, 9.17) is 14.9 Å². The third-order valence-electron chi connectivity index (χ3n) is 4.19. The summed E-state index contributed by atoms with van der Waals surface area (Å²) in [6.07, 6.45) is 0. The standard InChI is InChI=1S/C19H11FN2O3/c20-13-7-3-1-5-10(13)15-12(9-21)18(22)25-17-11-6-2-4-8-14(11)24-19(23)16(15)17/h1-8,15H,22H2/t15-/m0/s1. The molecule has 0 radical (unpaired) electrons. The van der Waals surface area contributed by atoms with E-state index in [-0.39, 0.29) is 28.3 Å². The molecule has 0 bridgehead atoms. The summed E-state index contributed by atoms with van der Waals surface area (Å²) in [6, 6.07) is 14.7. The molecule has 1 aliphatic heterocycles. The second kappa shape index (κ2) is 5.49. The normalized spacial score (nSPS) is 16.2. The summed E-state index contributed by atoms with van der Waals surface area (Å²) in [5.74, 6) is -1.50. The highest BCUT2D eigenvalue weighted by Crippen LogP contribution is 2.43. The summed E-state index contributed by atoms with van der Waals surface area (Å²) < 4.78 is 25.3. The lowest BCUT2D eigenvalue weighted by atomic mass is 9.83. The highest BCUT2D eigenvalue weighted by atomic mass is 19.1. The number of benzene rings is 2. The number of halogens is 1. The maximum Gasteiger partial charge on any atom is 0.344 e. The number of rotatable bonds is 1. The number of nitrogens with zero attached hydrogens (tertiary/aromatic N) is 1. The van der Waals surface area contributed by atoms with Crippen molar-refractivity contribution < 1.29 is 13.5 Å². The van der Waals surface area contributed by atoms with Gasteiger partial charge in [-0.15, -0.1) is 0 Å². The van der Waals surface area contributed by atoms with Crippen LogP contribution in [0.1, 0.15) is 17.0 Å². The number of ether oxygens (including phenoxy) is 1. The van der Waals surface area contributed by atoms with E-state index in [2.05, 4.69) is 0 Å². The van der Waals surface area contributed by atoms with Crippen molar-refractivity contribution in [1.29, 1.82) is 5.26 Å². The van der Waals surface area contributed by atoms with Crippen LogP contribution in [-0.2, 0) is 0 Å². The van der Waals surface area contributed by atoms with E-state index < -0.39 is 17.4 Å². The van der Waals surface area contributed by atoms with Gasteiger partial charge in [0.15, 0.2) is 5.75 Å². The van der Waals surface area contributed by atoms with Crippen LogP contribution in [0.2, 0.25) is 0 Å². The second-order valence-corrected chi connectivity index (χ2v) is 5.57. The van der Waals surface area contributed by atoms with Gasteiger partial charge in [0.05, 0.1) is 16.9 Å². The molecule has 1 atom stereocenters. The van der Waals surface area contributed by atoms with E-state index in [1.807, 2.05) is 6.07 Å². The molecule has 122 valence electrons. The minimum atomic E-state index is -0.990. The van der Waals surface area contributed by atoms with E-state index in [0.29, 0.717) is 11.0 Å². The van der Waals surface area contributed by atoms with Gasteiger partial charge in [0.2, 0.25) is 5.88 Å². The van der Waals surface area contributed by atoms with Crippen LogP contribution >= 0.6 is 0 Å². The van der Waals surface area contributed by atoms with Crippen molar-refractivity contribution >= 4 is 11.0 Å². The molecule has 2 N–H and O–H groups in total. The predicted molar refractivity (Wildman–Crippen MR) is 88.2 cm³/mol. The first kappa shape index (κ1) is 15.0. The minimum absolute atomic E-state index is 0.0276. The average molecular weight is 334 g/mol. The molecule has 0 amide bonds. The van der Waals surface area contributed by atoms with Crippen LogP contribution in [0.3, 0.4) is 0 Å². The highest BCUT2D eigenvalue weighted by molar-refractivity contribution is 5.86. The number of nitriles is 1. The third-order valence-corrected chi connectivity index (χ3v) is 4.19. The summed E-state index contributed by atoms with van der Waals surface area (Å²) in [7, 11) is 0. The number of para-hydroxylation sites is 1. The molecule has 6 heteroatoms. The number of fused-ring (bicyclic) bond motifs is 3. The molecular weight excluding hydrogens is 323 g/mol. The molecular formula is C19H11FN2O3. The van der Waals surface area contributed by atoms with Crippen molar-refractivity contribution in [3.8, 4) is 11.8 Å². The van der Waals surface area contributed by atoms with E-state index in [9.17, 15) is 14.4 Å². The second-order valence-electron chi connectivity index (χ2n) is 5.57. The van der Waals surface area contributed by atoms with Crippen molar-refractivity contribution in [3.05, 3.63) is 87.4 Å². The molecule has 0 fully saturated rings. The van der Waals surface area contributed by atoms with Gasteiger partial charge in [-0.1, -0.05) is 30.3 Å². The SMILES string of the molecule is N#CC1=C(N)Oc2c(c(=O)oc3ccccc23)[C@H]1c1ccccc1F. The molecule has 3 aromatic rings. The fourth-order valence-corrected chi connectivity index (χ4v) is 3.09. The quantitative estimate of drug-likeness (QED) is 0.691. The van der Waals surface area contributed by atoms with Gasteiger partial charge in [-0.25, -0.2) is 9.18 Å². The number of hydrogen-bond acceptors (Lipinski definition) is 5. The van der Waals surface area contributed by atoms with Gasteiger partial charge in [0, 0.05) is 5.56 Å². The lowest BCUT2D eigenvalue weighted by molar-refractivity contribution is 0.387.